The fourth-order valence-corrected chi connectivity index (χ4v) is 2.81. The molecule has 22 heavy (non-hydrogen) atoms. The van der Waals surface area contributed by atoms with Crippen molar-refractivity contribution in [3.05, 3.63) is 34.6 Å². The van der Waals surface area contributed by atoms with Crippen LogP contribution in [-0.2, 0) is 16.1 Å². The largest absolute Gasteiger partial charge is 0.369 e. The van der Waals surface area contributed by atoms with Crippen molar-refractivity contribution in [1.82, 2.24) is 9.80 Å². The van der Waals surface area contributed by atoms with Crippen molar-refractivity contribution >= 4 is 23.4 Å². The summed E-state index contributed by atoms with van der Waals surface area (Å²) < 4.78 is 13.1. The maximum atomic E-state index is 13.1. The third kappa shape index (κ3) is 4.18. The number of nitrogens with zero attached hydrogens (tertiary/aromatic N) is 2. The minimum absolute atomic E-state index is 0.0760. The van der Waals surface area contributed by atoms with Gasteiger partial charge in [0.1, 0.15) is 5.82 Å². The molecular weight excluding hydrogens is 309 g/mol. The molecule has 2 amide bonds. The normalized spacial score (nSPS) is 19.8. The average molecular weight is 328 g/mol. The molecule has 1 fully saturated rings. The van der Waals surface area contributed by atoms with Gasteiger partial charge in [0.25, 0.3) is 0 Å². The van der Waals surface area contributed by atoms with Crippen molar-refractivity contribution in [2.75, 3.05) is 26.2 Å². The number of nitrogens with two attached hydrogens (primary N) is 1. The summed E-state index contributed by atoms with van der Waals surface area (Å²) in [5.41, 5.74) is 6.21. The molecule has 0 unspecified atom stereocenters. The van der Waals surface area contributed by atoms with Gasteiger partial charge in [0.2, 0.25) is 11.8 Å². The first-order chi connectivity index (χ1) is 10.4. The van der Waals surface area contributed by atoms with Crippen molar-refractivity contribution in [3.8, 4) is 0 Å². The van der Waals surface area contributed by atoms with Crippen LogP contribution >= 0.6 is 11.6 Å². The summed E-state index contributed by atoms with van der Waals surface area (Å²) in [6.07, 6.45) is 0. The second-order valence-corrected chi connectivity index (χ2v) is 5.94. The number of halogens is 2. The quantitative estimate of drug-likeness (QED) is 0.908. The molecule has 1 aliphatic heterocycles. The Hall–Kier alpha value is -1.66. The number of carbonyl (C=O) groups is 2. The Balaban J connectivity index is 2.13. The molecule has 1 heterocycles. The van der Waals surface area contributed by atoms with E-state index in [0.717, 1.165) is 5.56 Å². The summed E-state index contributed by atoms with van der Waals surface area (Å²) in [7, 11) is 0. The zero-order chi connectivity index (χ0) is 16.3. The van der Waals surface area contributed by atoms with Crippen LogP contribution in [0.3, 0.4) is 0 Å². The molecule has 0 aliphatic carbocycles. The van der Waals surface area contributed by atoms with Crippen LogP contribution in [0.25, 0.3) is 0 Å². The van der Waals surface area contributed by atoms with Crippen LogP contribution in [0.5, 0.6) is 0 Å². The van der Waals surface area contributed by atoms with Gasteiger partial charge in [0.15, 0.2) is 0 Å². The van der Waals surface area contributed by atoms with Crippen LogP contribution in [0.2, 0.25) is 5.02 Å². The predicted octanol–water partition coefficient (Wildman–Crippen LogP) is 1.24. The highest BCUT2D eigenvalue weighted by atomic mass is 35.5. The Morgan fingerprint density at radius 3 is 2.68 bits per heavy atom. The molecule has 1 aromatic rings. The topological polar surface area (TPSA) is 66.6 Å². The molecule has 0 saturated carbocycles. The van der Waals surface area contributed by atoms with Gasteiger partial charge in [0, 0.05) is 44.7 Å². The summed E-state index contributed by atoms with van der Waals surface area (Å²) in [5.74, 6) is -1.32. The second-order valence-electron chi connectivity index (χ2n) is 5.54. The first kappa shape index (κ1) is 16.7. The number of hydrogen-bond donors (Lipinski definition) is 1. The zero-order valence-corrected chi connectivity index (χ0v) is 13.1. The summed E-state index contributed by atoms with van der Waals surface area (Å²) in [6, 6.07) is 4.25. The number of amides is 2. The van der Waals surface area contributed by atoms with Crippen molar-refractivity contribution in [2.24, 2.45) is 11.7 Å². The highest BCUT2D eigenvalue weighted by Gasteiger charge is 2.27. The maximum Gasteiger partial charge on any atom is 0.223 e. The lowest BCUT2D eigenvalue weighted by atomic mass is 10.1. The van der Waals surface area contributed by atoms with Gasteiger partial charge in [-0.05, 0) is 17.7 Å². The summed E-state index contributed by atoms with van der Waals surface area (Å²) in [4.78, 5) is 26.8. The van der Waals surface area contributed by atoms with E-state index in [2.05, 4.69) is 0 Å². The van der Waals surface area contributed by atoms with Crippen LogP contribution in [0.4, 0.5) is 4.39 Å². The molecular formula is C15H19ClFN3O2. The monoisotopic (exact) mass is 327 g/mol. The minimum Gasteiger partial charge on any atom is -0.369 e. The Morgan fingerprint density at radius 1 is 1.36 bits per heavy atom. The highest BCUT2D eigenvalue weighted by Crippen LogP contribution is 2.20. The van der Waals surface area contributed by atoms with Crippen LogP contribution < -0.4 is 5.73 Å². The second kappa shape index (κ2) is 7.07. The van der Waals surface area contributed by atoms with Gasteiger partial charge >= 0.3 is 0 Å². The Morgan fingerprint density at radius 2 is 2.09 bits per heavy atom. The molecule has 7 heteroatoms. The summed E-state index contributed by atoms with van der Waals surface area (Å²) >= 11 is 6.04. The molecule has 1 aromatic carbocycles. The van der Waals surface area contributed by atoms with Gasteiger partial charge in [-0.15, -0.1) is 0 Å². The van der Waals surface area contributed by atoms with E-state index < -0.39 is 11.8 Å². The number of rotatable bonds is 3. The van der Waals surface area contributed by atoms with E-state index in [1.807, 2.05) is 4.90 Å². The number of benzene rings is 1. The third-order valence-electron chi connectivity index (χ3n) is 3.86. The Labute approximate surface area is 133 Å². The maximum absolute atomic E-state index is 13.1. The van der Waals surface area contributed by atoms with Crippen LogP contribution in [-0.4, -0.2) is 47.8 Å². The van der Waals surface area contributed by atoms with Crippen molar-refractivity contribution < 1.29 is 14.0 Å². The molecule has 0 spiro atoms. The van der Waals surface area contributed by atoms with E-state index >= 15 is 0 Å². The van der Waals surface area contributed by atoms with Gasteiger partial charge in [-0.3, -0.25) is 14.5 Å². The predicted molar refractivity (Wildman–Crippen MR) is 81.6 cm³/mol. The molecule has 2 N–H and O–H groups in total. The minimum atomic E-state index is -0.427. The molecule has 1 aliphatic rings. The third-order valence-corrected chi connectivity index (χ3v) is 4.21. The zero-order valence-electron chi connectivity index (χ0n) is 12.4. The number of hydrogen-bond acceptors (Lipinski definition) is 3. The standard InChI is InChI=1S/C15H19ClFN3O2/c1-10(21)20-5-4-19(8-12(9-20)15(18)22)7-11-2-3-13(17)6-14(11)16/h2-3,6,12H,4-5,7-9H2,1H3,(H2,18,22)/t12-/m1/s1. The lowest BCUT2D eigenvalue weighted by Crippen LogP contribution is -2.39. The average Bonchev–Trinajstić information content (AvgIpc) is 2.65. The van der Waals surface area contributed by atoms with E-state index in [1.165, 1.54) is 19.1 Å². The van der Waals surface area contributed by atoms with E-state index in [1.54, 1.807) is 11.0 Å². The smallest absolute Gasteiger partial charge is 0.223 e. The van der Waals surface area contributed by atoms with Crippen LogP contribution in [0, 0.1) is 11.7 Å². The van der Waals surface area contributed by atoms with Gasteiger partial charge in [0.05, 0.1) is 5.92 Å². The van der Waals surface area contributed by atoms with E-state index in [0.29, 0.717) is 37.7 Å². The molecule has 120 valence electrons. The van der Waals surface area contributed by atoms with Crippen molar-refractivity contribution in [1.29, 1.82) is 0 Å². The first-order valence-electron chi connectivity index (χ1n) is 7.08. The Bertz CT molecular complexity index is 582. The molecule has 5 nitrogen and oxygen atoms in total. The van der Waals surface area contributed by atoms with E-state index in [9.17, 15) is 14.0 Å². The highest BCUT2D eigenvalue weighted by molar-refractivity contribution is 6.31. The molecule has 2 rings (SSSR count). The SMILES string of the molecule is CC(=O)N1CCN(Cc2ccc(F)cc2Cl)C[C@@H](C(N)=O)C1. The van der Waals surface area contributed by atoms with Gasteiger partial charge in [-0.25, -0.2) is 4.39 Å². The van der Waals surface area contributed by atoms with E-state index in [-0.39, 0.29) is 11.7 Å². The Kier molecular flexibility index (Phi) is 5.37. The van der Waals surface area contributed by atoms with Crippen molar-refractivity contribution in [3.63, 3.8) is 0 Å². The van der Waals surface area contributed by atoms with Gasteiger partial charge in [-0.1, -0.05) is 17.7 Å². The van der Waals surface area contributed by atoms with Crippen LogP contribution in [0.15, 0.2) is 18.2 Å². The summed E-state index contributed by atoms with van der Waals surface area (Å²) in [5, 5.41) is 0.350. The van der Waals surface area contributed by atoms with Gasteiger partial charge in [-0.2, -0.15) is 0 Å². The lowest BCUT2D eigenvalue weighted by molar-refractivity contribution is -0.130. The lowest BCUT2D eigenvalue weighted by Gasteiger charge is -2.22. The molecule has 0 aromatic heterocycles. The number of carbonyl (C=O) groups excluding carboxylic acids is 2. The first-order valence-corrected chi connectivity index (χ1v) is 7.45. The van der Waals surface area contributed by atoms with E-state index in [4.69, 9.17) is 17.3 Å². The molecule has 0 radical (unpaired) electrons. The molecule has 1 saturated heterocycles. The number of primary amides is 1. The fraction of sp³-hybridized carbons (Fsp3) is 0.467. The molecule has 1 atom stereocenters. The molecule has 0 bridgehead atoms. The van der Waals surface area contributed by atoms with Crippen LogP contribution in [0.1, 0.15) is 12.5 Å². The summed E-state index contributed by atoms with van der Waals surface area (Å²) in [6.45, 7) is 3.87. The fourth-order valence-electron chi connectivity index (χ4n) is 2.58. The van der Waals surface area contributed by atoms with Crippen molar-refractivity contribution in [2.45, 2.75) is 13.5 Å². The van der Waals surface area contributed by atoms with Gasteiger partial charge < -0.3 is 10.6 Å².